The predicted octanol–water partition coefficient (Wildman–Crippen LogP) is 3.46. The molecule has 2 N–H and O–H groups in total. The molecule has 0 unspecified atom stereocenters. The van der Waals surface area contributed by atoms with Crippen molar-refractivity contribution in [2.75, 3.05) is 16.8 Å². The van der Waals surface area contributed by atoms with E-state index in [1.165, 1.54) is 30.5 Å². The number of sulfonamides is 1. The molecule has 16 heteroatoms. The molecule has 0 saturated heterocycles. The van der Waals surface area contributed by atoms with E-state index >= 15 is 0 Å². The molecule has 0 fully saturated rings. The number of rotatable bonds is 7. The molecule has 11 nitrogen and oxygen atoms in total. The molecule has 0 saturated carbocycles. The normalized spacial score (nSPS) is 12.7. The second-order valence-electron chi connectivity index (χ2n) is 7.68. The lowest BCUT2D eigenvalue weighted by atomic mass is 10.2. The second kappa shape index (κ2) is 9.42. The number of halogens is 2. The Balaban J connectivity index is 1.80. The van der Waals surface area contributed by atoms with Crippen molar-refractivity contribution in [3.05, 3.63) is 71.1 Å². The number of anilines is 1. The van der Waals surface area contributed by atoms with Crippen molar-refractivity contribution >= 4 is 67.2 Å². The molecule has 190 valence electrons. The zero-order chi connectivity index (χ0) is 26.5. The van der Waals surface area contributed by atoms with Crippen molar-refractivity contribution in [1.82, 2.24) is 14.5 Å². The first-order valence-corrected chi connectivity index (χ1v) is 15.7. The number of fused-ring (bicyclic) bond motifs is 1. The average Bonchev–Trinajstić information content (AvgIpc) is 3.19. The van der Waals surface area contributed by atoms with E-state index in [9.17, 15) is 31.2 Å². The maximum Gasteiger partial charge on any atom is 0.345 e. The van der Waals surface area contributed by atoms with Gasteiger partial charge in [-0.2, -0.15) is 0 Å². The number of benzene rings is 2. The van der Waals surface area contributed by atoms with E-state index in [-0.39, 0.29) is 25.7 Å². The third-order valence-electron chi connectivity index (χ3n) is 4.94. The first-order chi connectivity index (χ1) is 16.6. The fraction of sp³-hybridized carbons (Fsp3) is 0.100. The molecule has 2 heterocycles. The number of hydrogen-bond acceptors (Lipinski definition) is 7. The van der Waals surface area contributed by atoms with E-state index in [4.69, 9.17) is 23.2 Å². The summed E-state index contributed by atoms with van der Waals surface area (Å²) >= 11 is 11.9. The molecule has 0 bridgehead atoms. The fourth-order valence-electron chi connectivity index (χ4n) is 3.38. The Morgan fingerprint density at radius 1 is 0.972 bits per heavy atom. The zero-order valence-electron chi connectivity index (χ0n) is 18.2. The molecule has 2 aromatic carbocycles. The molecule has 0 atom stereocenters. The summed E-state index contributed by atoms with van der Waals surface area (Å²) in [6, 6.07) is 9.55. The van der Waals surface area contributed by atoms with Crippen LogP contribution in [0.2, 0.25) is 10.0 Å². The van der Waals surface area contributed by atoms with E-state index in [1.807, 2.05) is 0 Å². The highest BCUT2D eigenvalue weighted by Crippen LogP contribution is 2.40. The smallest absolute Gasteiger partial charge is 0.323 e. The van der Waals surface area contributed by atoms with E-state index in [2.05, 4.69) is 9.97 Å². The highest BCUT2D eigenvalue weighted by molar-refractivity contribution is 7.93. The van der Waals surface area contributed by atoms with E-state index in [0.29, 0.717) is 21.0 Å². The van der Waals surface area contributed by atoms with Crippen LogP contribution in [0.15, 0.2) is 71.0 Å². The van der Waals surface area contributed by atoms with Gasteiger partial charge in [0.1, 0.15) is 6.29 Å². The molecular weight excluding hydrogens is 574 g/mol. The highest BCUT2D eigenvalue weighted by Gasteiger charge is 2.32. The summed E-state index contributed by atoms with van der Waals surface area (Å²) in [5, 5.41) is 0.390. The van der Waals surface area contributed by atoms with Gasteiger partial charge in [0.25, 0.3) is 10.0 Å². The molecule has 0 aliphatic heterocycles. The molecule has 36 heavy (non-hydrogen) atoms. The summed E-state index contributed by atoms with van der Waals surface area (Å²) in [7, 11) is -12.8. The Kier molecular flexibility index (Phi) is 6.95. The third-order valence-corrected chi connectivity index (χ3v) is 8.94. The van der Waals surface area contributed by atoms with E-state index in [1.54, 1.807) is 16.8 Å². The van der Waals surface area contributed by atoms with Crippen LogP contribution in [0.5, 0.6) is 0 Å². The predicted molar refractivity (Wildman–Crippen MR) is 135 cm³/mol. The van der Waals surface area contributed by atoms with Gasteiger partial charge >= 0.3 is 7.60 Å². The lowest BCUT2D eigenvalue weighted by molar-refractivity contribution is 0.373. The van der Waals surface area contributed by atoms with Crippen molar-refractivity contribution in [3.63, 3.8) is 0 Å². The molecule has 0 radical (unpaired) electrons. The van der Waals surface area contributed by atoms with Crippen LogP contribution < -0.4 is 4.31 Å². The molecular formula is C20H17Cl2N4O7PS2. The van der Waals surface area contributed by atoms with E-state index < -0.39 is 33.7 Å². The summed E-state index contributed by atoms with van der Waals surface area (Å²) < 4.78 is 64.1. The zero-order valence-corrected chi connectivity index (χ0v) is 22.3. The highest BCUT2D eigenvalue weighted by atomic mass is 35.5. The molecule has 2 aromatic heterocycles. The number of sulfone groups is 1. The minimum atomic E-state index is -4.84. The summed E-state index contributed by atoms with van der Waals surface area (Å²) in [5.41, 5.74) is 0.540. The van der Waals surface area contributed by atoms with Crippen molar-refractivity contribution in [2.45, 2.75) is 9.92 Å². The third kappa shape index (κ3) is 5.57. The van der Waals surface area contributed by atoms with Crippen LogP contribution in [0.3, 0.4) is 0 Å². The number of aromatic nitrogens is 3. The van der Waals surface area contributed by atoms with Crippen LogP contribution in [-0.4, -0.2) is 53.7 Å². The number of nitrogens with zero attached hydrogens (tertiary/aromatic N) is 4. The maximum atomic E-state index is 13.4. The minimum absolute atomic E-state index is 0.0156. The molecule has 0 aliphatic carbocycles. The van der Waals surface area contributed by atoms with Crippen molar-refractivity contribution in [1.29, 1.82) is 0 Å². The monoisotopic (exact) mass is 590 g/mol. The average molecular weight is 591 g/mol. The Bertz CT molecular complexity index is 1720. The lowest BCUT2D eigenvalue weighted by Gasteiger charge is -2.25. The summed E-state index contributed by atoms with van der Waals surface area (Å²) in [4.78, 5) is 26.9. The minimum Gasteiger partial charge on any atom is -0.323 e. The standard InChI is InChI=1S/C20H17Cl2N4O7PS2/c1-35(30,31)20-11-23-19(10-24-20)25-5-4-13-6-16(2-3-18(13)25)26(12-34(27,28)29)36(32,33)17-8-14(21)7-15(22)9-17/h2-11H,12H2,1H3,(H2,27,28,29). The fourth-order valence-corrected chi connectivity index (χ4v) is 7.28. The van der Waals surface area contributed by atoms with Gasteiger partial charge in [-0.15, -0.1) is 0 Å². The summed E-state index contributed by atoms with van der Waals surface area (Å²) in [6.45, 7) is 0. The second-order valence-corrected chi connectivity index (χ2v) is 14.0. The van der Waals surface area contributed by atoms with Crippen LogP contribution in [0, 0.1) is 0 Å². The topological polar surface area (TPSA) is 160 Å². The Morgan fingerprint density at radius 2 is 1.64 bits per heavy atom. The van der Waals surface area contributed by atoms with Gasteiger partial charge < -0.3 is 9.79 Å². The van der Waals surface area contributed by atoms with Gasteiger partial charge in [-0.25, -0.2) is 26.8 Å². The first kappa shape index (κ1) is 26.6. The van der Waals surface area contributed by atoms with Gasteiger partial charge in [0.05, 0.1) is 28.5 Å². The van der Waals surface area contributed by atoms with Crippen molar-refractivity contribution in [2.24, 2.45) is 0 Å². The molecule has 4 aromatic rings. The largest absolute Gasteiger partial charge is 0.345 e. The molecule has 4 rings (SSSR count). The first-order valence-electron chi connectivity index (χ1n) is 9.82. The van der Waals surface area contributed by atoms with Crippen molar-refractivity contribution in [3.8, 4) is 5.82 Å². The van der Waals surface area contributed by atoms with Crippen LogP contribution in [0.1, 0.15) is 0 Å². The van der Waals surface area contributed by atoms with Gasteiger partial charge in [0, 0.05) is 27.9 Å². The van der Waals surface area contributed by atoms with Gasteiger partial charge in [-0.05, 0) is 42.5 Å². The lowest BCUT2D eigenvalue weighted by Crippen LogP contribution is -2.32. The number of hydrogen-bond donors (Lipinski definition) is 2. The summed E-state index contributed by atoms with van der Waals surface area (Å²) in [5.74, 6) is 0.304. The summed E-state index contributed by atoms with van der Waals surface area (Å²) in [6.07, 6.45) is 3.89. The van der Waals surface area contributed by atoms with Crippen molar-refractivity contribution < 1.29 is 31.2 Å². The van der Waals surface area contributed by atoms with Crippen LogP contribution in [0.4, 0.5) is 5.69 Å². The van der Waals surface area contributed by atoms with Crippen LogP contribution >= 0.6 is 30.8 Å². The molecule has 0 aliphatic rings. The van der Waals surface area contributed by atoms with E-state index in [0.717, 1.165) is 24.6 Å². The Labute approximate surface area is 216 Å². The van der Waals surface area contributed by atoms with Gasteiger partial charge in [0.15, 0.2) is 20.7 Å². The van der Waals surface area contributed by atoms with Crippen LogP contribution in [0.25, 0.3) is 16.7 Å². The van der Waals surface area contributed by atoms with Gasteiger partial charge in [-0.1, -0.05) is 23.2 Å². The Hall–Kier alpha value is -2.51. The molecule has 0 amide bonds. The van der Waals surface area contributed by atoms with Crippen LogP contribution in [-0.2, 0) is 24.4 Å². The van der Waals surface area contributed by atoms with Gasteiger partial charge in [0.2, 0.25) is 0 Å². The Morgan fingerprint density at radius 3 is 2.19 bits per heavy atom. The maximum absolute atomic E-state index is 13.4. The molecule has 0 spiro atoms. The van der Waals surface area contributed by atoms with Gasteiger partial charge in [-0.3, -0.25) is 13.4 Å². The SMILES string of the molecule is CS(=O)(=O)c1cnc(-n2ccc3cc(N(CP(=O)(O)O)S(=O)(=O)c4cc(Cl)cc(Cl)c4)ccc32)cn1. The quantitative estimate of drug-likeness (QED) is 0.307.